The van der Waals surface area contributed by atoms with Crippen LogP contribution in [0.3, 0.4) is 0 Å². The lowest BCUT2D eigenvalue weighted by Crippen LogP contribution is -2.27. The van der Waals surface area contributed by atoms with Gasteiger partial charge in [0.25, 0.3) is 5.91 Å². The Kier molecular flexibility index (Phi) is 3.71. The van der Waals surface area contributed by atoms with Gasteiger partial charge in [-0.2, -0.15) is 10.4 Å². The highest BCUT2D eigenvalue weighted by Gasteiger charge is 2.18. The van der Waals surface area contributed by atoms with Crippen molar-refractivity contribution >= 4 is 11.6 Å². The summed E-state index contributed by atoms with van der Waals surface area (Å²) in [5, 5.41) is 12.9. The molecule has 0 saturated heterocycles. The van der Waals surface area contributed by atoms with E-state index in [0.29, 0.717) is 17.8 Å². The number of amides is 1. The molecule has 2 aromatic rings. The highest BCUT2D eigenvalue weighted by atomic mass is 16.2. The molecule has 0 saturated carbocycles. The van der Waals surface area contributed by atoms with Crippen molar-refractivity contribution in [3.8, 4) is 6.07 Å². The van der Waals surface area contributed by atoms with Crippen LogP contribution in [0.15, 0.2) is 30.5 Å². The minimum absolute atomic E-state index is 0.242. The second-order valence-corrected chi connectivity index (χ2v) is 4.58. The summed E-state index contributed by atoms with van der Waals surface area (Å²) in [6, 6.07) is 9.22. The molecule has 0 atom stereocenters. The molecule has 6 heteroatoms. The first kappa shape index (κ1) is 13.6. The second-order valence-electron chi connectivity index (χ2n) is 4.58. The van der Waals surface area contributed by atoms with Crippen molar-refractivity contribution in [2.45, 2.75) is 6.54 Å². The number of carbonyl (C=O) groups is 1. The second kappa shape index (κ2) is 5.45. The maximum atomic E-state index is 12.2. The summed E-state index contributed by atoms with van der Waals surface area (Å²) in [6.07, 6.45) is 1.59. The molecule has 1 amide bonds. The summed E-state index contributed by atoms with van der Waals surface area (Å²) < 4.78 is 1.51. The van der Waals surface area contributed by atoms with Crippen molar-refractivity contribution in [2.24, 2.45) is 7.05 Å². The van der Waals surface area contributed by atoms with Gasteiger partial charge < -0.3 is 10.6 Å². The Morgan fingerprint density at radius 2 is 2.30 bits per heavy atom. The summed E-state index contributed by atoms with van der Waals surface area (Å²) in [5.74, 6) is -0.245. The number of rotatable bonds is 3. The number of nitrogens with zero attached hydrogens (tertiary/aromatic N) is 4. The third kappa shape index (κ3) is 2.78. The Bertz CT molecular complexity index is 683. The molecule has 20 heavy (non-hydrogen) atoms. The zero-order chi connectivity index (χ0) is 14.7. The molecule has 0 bridgehead atoms. The third-order valence-electron chi connectivity index (χ3n) is 2.88. The minimum atomic E-state index is -0.245. The van der Waals surface area contributed by atoms with Crippen molar-refractivity contribution in [3.05, 3.63) is 47.3 Å². The molecule has 6 nitrogen and oxygen atoms in total. The van der Waals surface area contributed by atoms with Gasteiger partial charge in [0.1, 0.15) is 0 Å². The van der Waals surface area contributed by atoms with Crippen LogP contribution in [0, 0.1) is 11.3 Å². The molecule has 102 valence electrons. The topological polar surface area (TPSA) is 87.9 Å². The molecule has 1 aromatic heterocycles. The lowest BCUT2D eigenvalue weighted by Gasteiger charge is -2.16. The Morgan fingerprint density at radius 1 is 1.55 bits per heavy atom. The average Bonchev–Trinajstić information content (AvgIpc) is 2.77. The van der Waals surface area contributed by atoms with E-state index in [1.807, 2.05) is 6.07 Å². The first-order valence-electron chi connectivity index (χ1n) is 6.05. The third-order valence-corrected chi connectivity index (χ3v) is 2.88. The van der Waals surface area contributed by atoms with Gasteiger partial charge in [0.15, 0.2) is 5.69 Å². The lowest BCUT2D eigenvalue weighted by molar-refractivity contribution is 0.0779. The standard InChI is InChI=1S/C14H15N5O/c1-18(8-11-5-3-4-10(6-11)7-15)14(20)13-12(16)9-19(2)17-13/h3-6,9H,8,16H2,1-2H3. The maximum absolute atomic E-state index is 12.2. The summed E-state index contributed by atoms with van der Waals surface area (Å²) in [4.78, 5) is 13.8. The van der Waals surface area contributed by atoms with Gasteiger partial charge in [-0.15, -0.1) is 0 Å². The van der Waals surface area contributed by atoms with Crippen molar-refractivity contribution in [1.82, 2.24) is 14.7 Å². The SMILES string of the molecule is CN(Cc1cccc(C#N)c1)C(=O)c1nn(C)cc1N. The smallest absolute Gasteiger partial charge is 0.276 e. The number of hydrogen-bond donors (Lipinski definition) is 1. The van der Waals surface area contributed by atoms with E-state index in [-0.39, 0.29) is 11.6 Å². The number of nitrogens with two attached hydrogens (primary N) is 1. The lowest BCUT2D eigenvalue weighted by atomic mass is 10.1. The summed E-state index contributed by atoms with van der Waals surface area (Å²) in [5.41, 5.74) is 7.80. The van der Waals surface area contributed by atoms with Crippen LogP contribution in [-0.2, 0) is 13.6 Å². The van der Waals surface area contributed by atoms with Crippen molar-refractivity contribution < 1.29 is 4.79 Å². The van der Waals surface area contributed by atoms with E-state index in [0.717, 1.165) is 5.56 Å². The predicted octanol–water partition coefficient (Wildman–Crippen LogP) is 1.15. The Morgan fingerprint density at radius 3 is 2.90 bits per heavy atom. The number of nitrogen functional groups attached to an aromatic ring is 1. The van der Waals surface area contributed by atoms with E-state index in [4.69, 9.17) is 11.0 Å². The molecule has 0 radical (unpaired) electrons. The summed E-state index contributed by atoms with van der Waals surface area (Å²) in [7, 11) is 3.39. The molecule has 0 fully saturated rings. The van der Waals surface area contributed by atoms with Gasteiger partial charge in [-0.1, -0.05) is 12.1 Å². The maximum Gasteiger partial charge on any atom is 0.276 e. The molecule has 1 aromatic carbocycles. The van der Waals surface area contributed by atoms with E-state index in [9.17, 15) is 4.79 Å². The largest absolute Gasteiger partial charge is 0.396 e. The van der Waals surface area contributed by atoms with Gasteiger partial charge >= 0.3 is 0 Å². The summed E-state index contributed by atoms with van der Waals surface area (Å²) >= 11 is 0. The van der Waals surface area contributed by atoms with Crippen LogP contribution in [0.4, 0.5) is 5.69 Å². The molecular weight excluding hydrogens is 254 g/mol. The first-order valence-corrected chi connectivity index (χ1v) is 6.05. The number of anilines is 1. The quantitative estimate of drug-likeness (QED) is 0.905. The fraction of sp³-hybridized carbons (Fsp3) is 0.214. The van der Waals surface area contributed by atoms with E-state index in [1.54, 1.807) is 38.5 Å². The zero-order valence-electron chi connectivity index (χ0n) is 11.4. The predicted molar refractivity (Wildman–Crippen MR) is 74.6 cm³/mol. The van der Waals surface area contributed by atoms with Crippen molar-refractivity contribution in [3.63, 3.8) is 0 Å². The van der Waals surface area contributed by atoms with Crippen LogP contribution in [0.2, 0.25) is 0 Å². The Balaban J connectivity index is 2.15. The molecule has 0 aliphatic heterocycles. The molecule has 2 N–H and O–H groups in total. The van der Waals surface area contributed by atoms with E-state index < -0.39 is 0 Å². The zero-order valence-corrected chi connectivity index (χ0v) is 11.4. The number of aromatic nitrogens is 2. The molecule has 0 spiro atoms. The first-order chi connectivity index (χ1) is 9.51. The number of nitriles is 1. The molecule has 2 rings (SSSR count). The van der Waals surface area contributed by atoms with Crippen LogP contribution in [0.5, 0.6) is 0 Å². The van der Waals surface area contributed by atoms with E-state index >= 15 is 0 Å². The minimum Gasteiger partial charge on any atom is -0.396 e. The van der Waals surface area contributed by atoms with Crippen LogP contribution >= 0.6 is 0 Å². The Hall–Kier alpha value is -2.81. The fourth-order valence-corrected chi connectivity index (χ4v) is 1.94. The van der Waals surface area contributed by atoms with Gasteiger partial charge in [-0.25, -0.2) is 0 Å². The number of carbonyl (C=O) groups excluding carboxylic acids is 1. The van der Waals surface area contributed by atoms with E-state index in [2.05, 4.69) is 11.2 Å². The van der Waals surface area contributed by atoms with E-state index in [1.165, 1.54) is 9.58 Å². The highest BCUT2D eigenvalue weighted by Crippen LogP contribution is 2.13. The van der Waals surface area contributed by atoms with Crippen LogP contribution in [0.25, 0.3) is 0 Å². The van der Waals surface area contributed by atoms with Gasteiger partial charge in [-0.3, -0.25) is 9.48 Å². The summed E-state index contributed by atoms with van der Waals surface area (Å²) in [6.45, 7) is 0.393. The Labute approximate surface area is 117 Å². The van der Waals surface area contributed by atoms with Crippen molar-refractivity contribution in [2.75, 3.05) is 12.8 Å². The van der Waals surface area contributed by atoms with Crippen molar-refractivity contribution in [1.29, 1.82) is 5.26 Å². The molecule has 0 aliphatic rings. The van der Waals surface area contributed by atoms with Gasteiger partial charge in [0, 0.05) is 26.8 Å². The van der Waals surface area contributed by atoms with Gasteiger partial charge in [0.05, 0.1) is 17.3 Å². The molecule has 0 aliphatic carbocycles. The number of hydrogen-bond acceptors (Lipinski definition) is 4. The number of benzene rings is 1. The van der Waals surface area contributed by atoms with Crippen LogP contribution in [-0.4, -0.2) is 27.6 Å². The normalized spacial score (nSPS) is 10.1. The monoisotopic (exact) mass is 269 g/mol. The molecular formula is C14H15N5O. The average molecular weight is 269 g/mol. The number of aryl methyl sites for hydroxylation is 1. The van der Waals surface area contributed by atoms with Gasteiger partial charge in [-0.05, 0) is 17.7 Å². The van der Waals surface area contributed by atoms with Crippen LogP contribution in [0.1, 0.15) is 21.6 Å². The van der Waals surface area contributed by atoms with Gasteiger partial charge in [0.2, 0.25) is 0 Å². The van der Waals surface area contributed by atoms with Crippen LogP contribution < -0.4 is 5.73 Å². The fourth-order valence-electron chi connectivity index (χ4n) is 1.94. The molecule has 0 unspecified atom stereocenters. The molecule has 1 heterocycles. The highest BCUT2D eigenvalue weighted by molar-refractivity contribution is 5.96.